The molecule has 20 heavy (non-hydrogen) atoms. The van der Waals surface area contributed by atoms with E-state index in [1.165, 1.54) is 0 Å². The molecule has 2 rings (SSSR count). The van der Waals surface area contributed by atoms with E-state index in [-0.39, 0.29) is 10.4 Å². The fraction of sp³-hybridized carbons (Fsp3) is 0.667. The van der Waals surface area contributed by atoms with Gasteiger partial charge in [-0.3, -0.25) is 9.52 Å². The summed E-state index contributed by atoms with van der Waals surface area (Å²) in [5, 5.41) is 11.0. The number of carboxylic acid groups (broad SMARTS) is 1. The average Bonchev–Trinajstić information content (AvgIpc) is 3.15. The largest absolute Gasteiger partial charge is 0.481 e. The van der Waals surface area contributed by atoms with Crippen LogP contribution in [0.5, 0.6) is 0 Å². The highest BCUT2D eigenvalue weighted by molar-refractivity contribution is 7.93. The van der Waals surface area contributed by atoms with E-state index >= 15 is 0 Å². The standard InChI is InChI=1S/C12H18N2O4S2/c1-3-12(4-2,10(15)16)9-7-19-11(13-9)14-20(17,18)8-5-6-8/h7-8H,3-6H2,1-2H3,(H,13,14)(H,15,16). The minimum atomic E-state index is -3.36. The van der Waals surface area contributed by atoms with Gasteiger partial charge in [0.1, 0.15) is 5.41 Å². The highest BCUT2D eigenvalue weighted by Crippen LogP contribution is 2.35. The highest BCUT2D eigenvalue weighted by atomic mass is 32.2. The third kappa shape index (κ3) is 2.67. The van der Waals surface area contributed by atoms with Crippen molar-refractivity contribution >= 4 is 32.5 Å². The summed E-state index contributed by atoms with van der Waals surface area (Å²) in [6, 6.07) is 0. The SMILES string of the molecule is CCC(CC)(C(=O)O)c1csc(NS(=O)(=O)C2CC2)n1. The van der Waals surface area contributed by atoms with Gasteiger partial charge in [0.05, 0.1) is 10.9 Å². The van der Waals surface area contributed by atoms with Gasteiger partial charge in [-0.05, 0) is 25.7 Å². The zero-order valence-corrected chi connectivity index (χ0v) is 13.1. The number of carboxylic acids is 1. The molecule has 1 fully saturated rings. The number of anilines is 1. The van der Waals surface area contributed by atoms with Crippen LogP contribution in [-0.2, 0) is 20.2 Å². The van der Waals surface area contributed by atoms with Gasteiger partial charge >= 0.3 is 5.97 Å². The summed E-state index contributed by atoms with van der Waals surface area (Å²) in [4.78, 5) is 15.7. The van der Waals surface area contributed by atoms with Gasteiger partial charge < -0.3 is 5.11 Å². The number of thiazole rings is 1. The second-order valence-corrected chi connectivity index (χ2v) is 7.80. The van der Waals surface area contributed by atoms with Crippen molar-refractivity contribution in [2.45, 2.75) is 50.2 Å². The summed E-state index contributed by atoms with van der Waals surface area (Å²) < 4.78 is 26.1. The Labute approximate surface area is 122 Å². The Morgan fingerprint density at radius 1 is 1.50 bits per heavy atom. The highest BCUT2D eigenvalue weighted by Gasteiger charge is 2.40. The monoisotopic (exact) mass is 318 g/mol. The van der Waals surface area contributed by atoms with Crippen molar-refractivity contribution in [1.82, 2.24) is 4.98 Å². The molecule has 2 N–H and O–H groups in total. The number of aromatic nitrogens is 1. The summed E-state index contributed by atoms with van der Waals surface area (Å²) >= 11 is 1.13. The molecule has 0 unspecified atom stereocenters. The Bertz CT molecular complexity index is 601. The number of sulfonamides is 1. The molecule has 112 valence electrons. The molecule has 8 heteroatoms. The first-order valence-corrected chi connectivity index (χ1v) is 8.99. The van der Waals surface area contributed by atoms with Crippen molar-refractivity contribution < 1.29 is 18.3 Å². The second-order valence-electron chi connectivity index (χ2n) is 4.98. The van der Waals surface area contributed by atoms with E-state index < -0.39 is 21.4 Å². The lowest BCUT2D eigenvalue weighted by Gasteiger charge is -2.24. The fourth-order valence-corrected chi connectivity index (χ4v) is 4.55. The molecule has 0 radical (unpaired) electrons. The van der Waals surface area contributed by atoms with Crippen LogP contribution in [0, 0.1) is 0 Å². The second kappa shape index (κ2) is 5.33. The molecule has 1 aliphatic carbocycles. The van der Waals surface area contributed by atoms with E-state index in [9.17, 15) is 18.3 Å². The fourth-order valence-electron chi connectivity index (χ4n) is 2.15. The molecule has 0 amide bonds. The zero-order chi connectivity index (χ0) is 15.0. The summed E-state index contributed by atoms with van der Waals surface area (Å²) in [7, 11) is -3.36. The Hall–Kier alpha value is -1.15. The predicted octanol–water partition coefficient (Wildman–Crippen LogP) is 2.19. The van der Waals surface area contributed by atoms with Crippen molar-refractivity contribution in [2.75, 3.05) is 4.72 Å². The van der Waals surface area contributed by atoms with Crippen LogP contribution in [0.15, 0.2) is 5.38 Å². The first-order valence-electron chi connectivity index (χ1n) is 6.56. The quantitative estimate of drug-likeness (QED) is 0.803. The third-order valence-electron chi connectivity index (χ3n) is 3.80. The number of aliphatic carboxylic acids is 1. The number of hydrogen-bond acceptors (Lipinski definition) is 5. The lowest BCUT2D eigenvalue weighted by molar-refractivity contribution is -0.144. The van der Waals surface area contributed by atoms with E-state index in [4.69, 9.17) is 0 Å². The van der Waals surface area contributed by atoms with Gasteiger partial charge in [0.2, 0.25) is 10.0 Å². The van der Waals surface area contributed by atoms with Crippen molar-refractivity contribution in [2.24, 2.45) is 0 Å². The van der Waals surface area contributed by atoms with Crippen LogP contribution >= 0.6 is 11.3 Å². The predicted molar refractivity (Wildman–Crippen MR) is 77.6 cm³/mol. The van der Waals surface area contributed by atoms with Gasteiger partial charge in [-0.1, -0.05) is 13.8 Å². The maximum absolute atomic E-state index is 11.8. The molecule has 0 atom stereocenters. The number of nitrogens with one attached hydrogen (secondary N) is 1. The zero-order valence-electron chi connectivity index (χ0n) is 11.4. The molecule has 0 aromatic carbocycles. The molecule has 0 bridgehead atoms. The minimum absolute atomic E-state index is 0.249. The molecule has 1 aromatic rings. The maximum Gasteiger partial charge on any atom is 0.315 e. The molecule has 0 saturated heterocycles. The van der Waals surface area contributed by atoms with Crippen LogP contribution < -0.4 is 4.72 Å². The maximum atomic E-state index is 11.8. The van der Waals surface area contributed by atoms with Crippen LogP contribution in [0.4, 0.5) is 5.13 Å². The van der Waals surface area contributed by atoms with Crippen molar-refractivity contribution in [1.29, 1.82) is 0 Å². The van der Waals surface area contributed by atoms with Gasteiger partial charge in [-0.25, -0.2) is 13.4 Å². The summed E-state index contributed by atoms with van der Waals surface area (Å²) in [6.07, 6.45) is 2.18. The van der Waals surface area contributed by atoms with Gasteiger partial charge in [-0.15, -0.1) is 11.3 Å². The van der Waals surface area contributed by atoms with E-state index in [0.29, 0.717) is 31.4 Å². The normalized spacial score (nSPS) is 16.1. The topological polar surface area (TPSA) is 96.4 Å². The average molecular weight is 318 g/mol. The Morgan fingerprint density at radius 2 is 2.10 bits per heavy atom. The van der Waals surface area contributed by atoms with Crippen LogP contribution in [0.2, 0.25) is 0 Å². The molecule has 1 aromatic heterocycles. The number of carbonyl (C=O) groups is 1. The number of nitrogens with zero attached hydrogens (tertiary/aromatic N) is 1. The van der Waals surface area contributed by atoms with Crippen LogP contribution in [0.3, 0.4) is 0 Å². The van der Waals surface area contributed by atoms with Crippen LogP contribution in [0.1, 0.15) is 45.2 Å². The first-order chi connectivity index (χ1) is 9.35. The molecular weight excluding hydrogens is 300 g/mol. The molecule has 1 aliphatic rings. The van der Waals surface area contributed by atoms with Crippen molar-refractivity contribution in [3.8, 4) is 0 Å². The minimum Gasteiger partial charge on any atom is -0.481 e. The van der Waals surface area contributed by atoms with Crippen LogP contribution in [-0.4, -0.2) is 29.7 Å². The number of hydrogen-bond donors (Lipinski definition) is 2. The summed E-state index contributed by atoms with van der Waals surface area (Å²) in [5.74, 6) is -0.926. The Kier molecular flexibility index (Phi) is 4.06. The Balaban J connectivity index is 2.25. The molecule has 0 spiro atoms. The van der Waals surface area contributed by atoms with E-state index in [0.717, 1.165) is 11.3 Å². The van der Waals surface area contributed by atoms with Gasteiger partial charge in [-0.2, -0.15) is 0 Å². The lowest BCUT2D eigenvalue weighted by Crippen LogP contribution is -2.34. The lowest BCUT2D eigenvalue weighted by atomic mass is 9.80. The molecule has 6 nitrogen and oxygen atoms in total. The van der Waals surface area contributed by atoms with Gasteiger partial charge in [0.15, 0.2) is 5.13 Å². The third-order valence-corrected chi connectivity index (χ3v) is 6.52. The van der Waals surface area contributed by atoms with E-state index in [1.807, 2.05) is 0 Å². The van der Waals surface area contributed by atoms with Gasteiger partial charge in [0.25, 0.3) is 0 Å². The number of rotatable bonds is 7. The first kappa shape index (κ1) is 15.2. The van der Waals surface area contributed by atoms with Crippen molar-refractivity contribution in [3.63, 3.8) is 0 Å². The van der Waals surface area contributed by atoms with Gasteiger partial charge in [0, 0.05) is 5.38 Å². The smallest absolute Gasteiger partial charge is 0.315 e. The van der Waals surface area contributed by atoms with Crippen molar-refractivity contribution in [3.05, 3.63) is 11.1 Å². The van der Waals surface area contributed by atoms with E-state index in [2.05, 4.69) is 9.71 Å². The molecule has 0 aliphatic heterocycles. The van der Waals surface area contributed by atoms with E-state index in [1.54, 1.807) is 19.2 Å². The summed E-state index contributed by atoms with van der Waals surface area (Å²) in [6.45, 7) is 3.59. The molecule has 1 saturated carbocycles. The van der Waals surface area contributed by atoms with Crippen LogP contribution in [0.25, 0.3) is 0 Å². The molecular formula is C12H18N2O4S2. The summed E-state index contributed by atoms with van der Waals surface area (Å²) in [5.41, 5.74) is -0.617. The Morgan fingerprint density at radius 3 is 2.55 bits per heavy atom. The molecule has 1 heterocycles.